The zero-order chi connectivity index (χ0) is 16.4. The fourth-order valence-electron chi connectivity index (χ4n) is 2.34. The van der Waals surface area contributed by atoms with Crippen LogP contribution in [0, 0.1) is 6.92 Å². The fraction of sp³-hybridized carbons (Fsp3) is 0.0588. The minimum Gasteiger partial charge on any atom is -0.296 e. The third-order valence-electron chi connectivity index (χ3n) is 3.55. The van der Waals surface area contributed by atoms with Gasteiger partial charge in [-0.25, -0.2) is 12.4 Å². The van der Waals surface area contributed by atoms with Crippen molar-refractivity contribution in [1.29, 1.82) is 0 Å². The van der Waals surface area contributed by atoms with Crippen LogP contribution in [0.15, 0.2) is 66.0 Å². The average Bonchev–Trinajstić information content (AvgIpc) is 3.01. The Morgan fingerprint density at radius 3 is 2.43 bits per heavy atom. The second-order valence-electron chi connectivity index (χ2n) is 5.09. The Balaban J connectivity index is 2.16. The molecule has 6 heteroatoms. The van der Waals surface area contributed by atoms with Gasteiger partial charge in [0.25, 0.3) is 10.0 Å². The molecule has 0 aliphatic rings. The fourth-order valence-corrected chi connectivity index (χ4v) is 3.67. The van der Waals surface area contributed by atoms with E-state index in [-0.39, 0.29) is 10.6 Å². The van der Waals surface area contributed by atoms with E-state index in [9.17, 15) is 13.2 Å². The number of rotatable bonds is 4. The van der Waals surface area contributed by atoms with E-state index in [1.165, 1.54) is 18.3 Å². The summed E-state index contributed by atoms with van der Waals surface area (Å²) in [6.45, 7) is 1.88. The summed E-state index contributed by atoms with van der Waals surface area (Å²) in [6, 6.07) is 11.6. The molecule has 23 heavy (non-hydrogen) atoms. The molecule has 0 aliphatic heterocycles. The predicted octanol–water partition coefficient (Wildman–Crippen LogP) is 2.91. The number of carbonyl (C=O) groups is 1. The minimum absolute atomic E-state index is 0.0820. The molecule has 3 rings (SSSR count). The Labute approximate surface area is 134 Å². The summed E-state index contributed by atoms with van der Waals surface area (Å²) in [4.78, 5) is 15.6. The number of aldehydes is 1. The zero-order valence-electron chi connectivity index (χ0n) is 12.4. The van der Waals surface area contributed by atoms with Crippen LogP contribution in [0.25, 0.3) is 11.1 Å². The number of carbonyl (C=O) groups excluding carboxylic acids is 1. The molecule has 0 radical (unpaired) electrons. The Morgan fingerprint density at radius 2 is 1.83 bits per heavy atom. The summed E-state index contributed by atoms with van der Waals surface area (Å²) in [5.74, 6) is 0. The number of benzene rings is 1. The first-order valence-electron chi connectivity index (χ1n) is 6.93. The molecule has 0 N–H and O–H groups in total. The largest absolute Gasteiger partial charge is 0.296 e. The molecular weight excluding hydrogens is 312 g/mol. The van der Waals surface area contributed by atoms with Gasteiger partial charge in [-0.05, 0) is 31.2 Å². The van der Waals surface area contributed by atoms with E-state index < -0.39 is 10.0 Å². The molecule has 0 atom stereocenters. The van der Waals surface area contributed by atoms with Crippen LogP contribution in [0.3, 0.4) is 0 Å². The highest BCUT2D eigenvalue weighted by molar-refractivity contribution is 7.90. The Hall–Kier alpha value is -2.73. The van der Waals surface area contributed by atoms with Gasteiger partial charge >= 0.3 is 0 Å². The van der Waals surface area contributed by atoms with E-state index in [1.807, 2.05) is 6.92 Å². The van der Waals surface area contributed by atoms with Crippen LogP contribution in [0.1, 0.15) is 16.1 Å². The summed E-state index contributed by atoms with van der Waals surface area (Å²) in [5, 5.41) is 0. The van der Waals surface area contributed by atoms with Gasteiger partial charge in [0, 0.05) is 29.7 Å². The van der Waals surface area contributed by atoms with E-state index in [4.69, 9.17) is 0 Å². The molecule has 0 aliphatic carbocycles. The first kappa shape index (κ1) is 15.2. The van der Waals surface area contributed by atoms with Crippen molar-refractivity contribution in [3.63, 3.8) is 0 Å². The van der Waals surface area contributed by atoms with Crippen LogP contribution in [0.2, 0.25) is 0 Å². The molecule has 1 aromatic carbocycles. The Kier molecular flexibility index (Phi) is 3.83. The molecule has 0 saturated heterocycles. The summed E-state index contributed by atoms with van der Waals surface area (Å²) < 4.78 is 26.5. The lowest BCUT2D eigenvalue weighted by atomic mass is 10.1. The molecular formula is C17H14N2O3S. The van der Waals surface area contributed by atoms with E-state index >= 15 is 0 Å². The Bertz CT molecular complexity index is 943. The summed E-state index contributed by atoms with van der Waals surface area (Å²) in [7, 11) is -3.82. The average molecular weight is 326 g/mol. The molecule has 3 aromatic rings. The van der Waals surface area contributed by atoms with Crippen LogP contribution < -0.4 is 0 Å². The molecule has 0 bridgehead atoms. The number of pyridine rings is 1. The topological polar surface area (TPSA) is 69.0 Å². The highest BCUT2D eigenvalue weighted by Crippen LogP contribution is 2.26. The maximum absolute atomic E-state index is 12.8. The summed E-state index contributed by atoms with van der Waals surface area (Å²) in [6.07, 6.45) is 5.14. The lowest BCUT2D eigenvalue weighted by molar-refractivity contribution is 0.111. The van der Waals surface area contributed by atoms with Crippen molar-refractivity contribution in [1.82, 2.24) is 8.96 Å². The van der Waals surface area contributed by atoms with E-state index in [1.54, 1.807) is 42.7 Å². The molecule has 2 heterocycles. The number of aryl methyl sites for hydroxylation is 1. The summed E-state index contributed by atoms with van der Waals surface area (Å²) >= 11 is 0. The van der Waals surface area contributed by atoms with Gasteiger partial charge in [0.05, 0.1) is 4.90 Å². The van der Waals surface area contributed by atoms with Gasteiger partial charge in [0.1, 0.15) is 5.69 Å². The van der Waals surface area contributed by atoms with Crippen LogP contribution in [0.5, 0.6) is 0 Å². The Morgan fingerprint density at radius 1 is 1.09 bits per heavy atom. The zero-order valence-corrected chi connectivity index (χ0v) is 13.2. The third-order valence-corrected chi connectivity index (χ3v) is 5.26. The molecule has 0 spiro atoms. The van der Waals surface area contributed by atoms with Crippen LogP contribution in [-0.2, 0) is 10.0 Å². The monoisotopic (exact) mass is 326 g/mol. The predicted molar refractivity (Wildman–Crippen MR) is 86.8 cm³/mol. The van der Waals surface area contributed by atoms with Crippen molar-refractivity contribution in [3.8, 4) is 11.1 Å². The van der Waals surface area contributed by atoms with Crippen molar-refractivity contribution in [3.05, 3.63) is 72.3 Å². The SMILES string of the molecule is Cc1ccc(S(=O)(=O)n2ccc(-c3cccnc3)c2C=O)cc1. The molecule has 0 unspecified atom stereocenters. The molecule has 0 fully saturated rings. The minimum atomic E-state index is -3.82. The van der Waals surface area contributed by atoms with Gasteiger partial charge in [0.15, 0.2) is 6.29 Å². The third kappa shape index (κ3) is 2.68. The van der Waals surface area contributed by atoms with Gasteiger partial charge in [-0.15, -0.1) is 0 Å². The van der Waals surface area contributed by atoms with E-state index in [2.05, 4.69) is 4.98 Å². The number of hydrogen-bond donors (Lipinski definition) is 0. The van der Waals surface area contributed by atoms with E-state index in [0.717, 1.165) is 9.54 Å². The quantitative estimate of drug-likeness (QED) is 0.691. The first-order valence-corrected chi connectivity index (χ1v) is 8.37. The van der Waals surface area contributed by atoms with Gasteiger partial charge in [0.2, 0.25) is 0 Å². The van der Waals surface area contributed by atoms with Gasteiger partial charge in [-0.3, -0.25) is 9.78 Å². The second-order valence-corrected chi connectivity index (χ2v) is 6.90. The summed E-state index contributed by atoms with van der Waals surface area (Å²) in [5.41, 5.74) is 2.26. The number of nitrogens with zero attached hydrogens (tertiary/aromatic N) is 2. The van der Waals surface area contributed by atoms with Crippen LogP contribution in [-0.4, -0.2) is 23.7 Å². The number of aromatic nitrogens is 2. The van der Waals surface area contributed by atoms with Crippen molar-refractivity contribution in [2.24, 2.45) is 0 Å². The number of hydrogen-bond acceptors (Lipinski definition) is 4. The van der Waals surface area contributed by atoms with Crippen molar-refractivity contribution in [2.45, 2.75) is 11.8 Å². The standard InChI is InChI=1S/C17H14N2O3S/c1-13-4-6-15(7-5-13)23(21,22)19-10-8-16(17(19)12-20)14-3-2-9-18-11-14/h2-12H,1H3. The van der Waals surface area contributed by atoms with Crippen LogP contribution in [0.4, 0.5) is 0 Å². The first-order chi connectivity index (χ1) is 11.0. The molecule has 116 valence electrons. The highest BCUT2D eigenvalue weighted by Gasteiger charge is 2.22. The molecule has 2 aromatic heterocycles. The molecule has 0 saturated carbocycles. The lowest BCUT2D eigenvalue weighted by Crippen LogP contribution is -2.15. The van der Waals surface area contributed by atoms with Gasteiger partial charge < -0.3 is 0 Å². The maximum Gasteiger partial charge on any atom is 0.268 e. The normalized spacial score (nSPS) is 11.3. The lowest BCUT2D eigenvalue weighted by Gasteiger charge is -2.09. The van der Waals surface area contributed by atoms with Crippen molar-refractivity contribution >= 4 is 16.3 Å². The molecule has 0 amide bonds. The maximum atomic E-state index is 12.8. The smallest absolute Gasteiger partial charge is 0.268 e. The second kappa shape index (κ2) is 5.81. The van der Waals surface area contributed by atoms with Crippen molar-refractivity contribution < 1.29 is 13.2 Å². The van der Waals surface area contributed by atoms with Crippen LogP contribution >= 0.6 is 0 Å². The van der Waals surface area contributed by atoms with Crippen molar-refractivity contribution in [2.75, 3.05) is 0 Å². The van der Waals surface area contributed by atoms with E-state index in [0.29, 0.717) is 17.4 Å². The van der Waals surface area contributed by atoms with Gasteiger partial charge in [-0.2, -0.15) is 0 Å². The highest BCUT2D eigenvalue weighted by atomic mass is 32.2. The molecule has 5 nitrogen and oxygen atoms in total. The van der Waals surface area contributed by atoms with Gasteiger partial charge in [-0.1, -0.05) is 23.8 Å².